The van der Waals surface area contributed by atoms with Gasteiger partial charge in [0.15, 0.2) is 0 Å². The van der Waals surface area contributed by atoms with Gasteiger partial charge in [-0.05, 0) is 19.1 Å². The number of nitrogens with zero attached hydrogens (tertiary/aromatic N) is 2. The van der Waals surface area contributed by atoms with Gasteiger partial charge >= 0.3 is 0 Å². The van der Waals surface area contributed by atoms with Gasteiger partial charge < -0.3 is 11.1 Å². The molecule has 0 saturated carbocycles. The lowest BCUT2D eigenvalue weighted by Gasteiger charge is -2.06. The number of aryl methyl sites for hydroxylation is 1. The van der Waals surface area contributed by atoms with Crippen molar-refractivity contribution in [3.8, 4) is 0 Å². The van der Waals surface area contributed by atoms with Crippen LogP contribution in [0.1, 0.15) is 21.1 Å². The van der Waals surface area contributed by atoms with Crippen LogP contribution in [0.3, 0.4) is 0 Å². The van der Waals surface area contributed by atoms with Crippen LogP contribution in [0.15, 0.2) is 23.7 Å². The van der Waals surface area contributed by atoms with E-state index in [9.17, 15) is 4.79 Å². The summed E-state index contributed by atoms with van der Waals surface area (Å²) in [7, 11) is 0. The smallest absolute Gasteiger partial charge is 0.252 e. The highest BCUT2D eigenvalue weighted by molar-refractivity contribution is 7.09. The molecule has 6 heteroatoms. The number of rotatable bonds is 4. The number of thiazole rings is 1. The Labute approximate surface area is 103 Å². The normalized spacial score (nSPS) is 10.2. The number of primary amides is 1. The van der Waals surface area contributed by atoms with Crippen LogP contribution in [0.5, 0.6) is 0 Å². The van der Waals surface area contributed by atoms with Crippen LogP contribution in [0.4, 0.5) is 5.82 Å². The maximum atomic E-state index is 11.2. The van der Waals surface area contributed by atoms with Crippen molar-refractivity contribution >= 4 is 23.1 Å². The first-order chi connectivity index (χ1) is 8.16. The molecule has 0 bridgehead atoms. The molecule has 0 radical (unpaired) electrons. The van der Waals surface area contributed by atoms with E-state index in [0.717, 1.165) is 10.7 Å². The fraction of sp³-hybridized carbons (Fsp3) is 0.182. The fourth-order valence-corrected chi connectivity index (χ4v) is 2.02. The Bertz CT molecular complexity index is 538. The molecule has 0 fully saturated rings. The summed E-state index contributed by atoms with van der Waals surface area (Å²) < 4.78 is 0. The van der Waals surface area contributed by atoms with Crippen molar-refractivity contribution in [1.82, 2.24) is 9.97 Å². The molecule has 2 rings (SSSR count). The summed E-state index contributed by atoms with van der Waals surface area (Å²) in [6, 6.07) is 3.32. The molecule has 17 heavy (non-hydrogen) atoms. The number of nitrogens with two attached hydrogens (primary N) is 1. The van der Waals surface area contributed by atoms with Crippen molar-refractivity contribution < 1.29 is 4.79 Å². The van der Waals surface area contributed by atoms with Crippen LogP contribution < -0.4 is 11.1 Å². The monoisotopic (exact) mass is 248 g/mol. The molecule has 0 aromatic carbocycles. The Morgan fingerprint density at radius 2 is 2.41 bits per heavy atom. The minimum Gasteiger partial charge on any atom is -0.365 e. The zero-order valence-electron chi connectivity index (χ0n) is 9.30. The van der Waals surface area contributed by atoms with E-state index in [0.29, 0.717) is 17.9 Å². The third-order valence-corrected chi connectivity index (χ3v) is 3.00. The van der Waals surface area contributed by atoms with E-state index in [2.05, 4.69) is 15.3 Å². The first kappa shape index (κ1) is 11.5. The molecule has 3 N–H and O–H groups in total. The molecule has 1 amide bonds. The number of carbonyl (C=O) groups is 1. The SMILES string of the molecule is Cc1nc(CNc2ncccc2C(N)=O)cs1. The van der Waals surface area contributed by atoms with Crippen molar-refractivity contribution in [1.29, 1.82) is 0 Å². The van der Waals surface area contributed by atoms with Crippen molar-refractivity contribution in [3.63, 3.8) is 0 Å². The summed E-state index contributed by atoms with van der Waals surface area (Å²) in [5.41, 5.74) is 6.57. The van der Waals surface area contributed by atoms with Crippen LogP contribution >= 0.6 is 11.3 Å². The molecular formula is C11H12N4OS. The van der Waals surface area contributed by atoms with Gasteiger partial charge in [-0.15, -0.1) is 11.3 Å². The quantitative estimate of drug-likeness (QED) is 0.860. The third kappa shape index (κ3) is 2.79. The highest BCUT2D eigenvalue weighted by atomic mass is 32.1. The summed E-state index contributed by atoms with van der Waals surface area (Å²) in [6.45, 7) is 2.48. The van der Waals surface area contributed by atoms with Gasteiger partial charge in [-0.1, -0.05) is 0 Å². The second-order valence-corrected chi connectivity index (χ2v) is 4.54. The maximum Gasteiger partial charge on any atom is 0.252 e. The van der Waals surface area contributed by atoms with Crippen LogP contribution in [0.2, 0.25) is 0 Å². The zero-order valence-corrected chi connectivity index (χ0v) is 10.1. The number of anilines is 1. The van der Waals surface area contributed by atoms with E-state index < -0.39 is 5.91 Å². The van der Waals surface area contributed by atoms with Gasteiger partial charge in [0.1, 0.15) is 5.82 Å². The van der Waals surface area contributed by atoms with Crippen molar-refractivity contribution in [2.24, 2.45) is 5.73 Å². The van der Waals surface area contributed by atoms with Crippen molar-refractivity contribution in [2.75, 3.05) is 5.32 Å². The second-order valence-electron chi connectivity index (χ2n) is 3.48. The minimum absolute atomic E-state index is 0.388. The molecule has 0 spiro atoms. The van der Waals surface area contributed by atoms with Crippen molar-refractivity contribution in [3.05, 3.63) is 40.0 Å². The third-order valence-electron chi connectivity index (χ3n) is 2.18. The number of carbonyl (C=O) groups excluding carboxylic acids is 1. The Kier molecular flexibility index (Phi) is 3.34. The van der Waals surface area contributed by atoms with Crippen LogP contribution in [0.25, 0.3) is 0 Å². The maximum absolute atomic E-state index is 11.2. The fourth-order valence-electron chi connectivity index (χ4n) is 1.41. The van der Waals surface area contributed by atoms with Gasteiger partial charge in [0.05, 0.1) is 22.8 Å². The molecule has 88 valence electrons. The number of pyridine rings is 1. The molecule has 5 nitrogen and oxygen atoms in total. The molecule has 2 aromatic rings. The van der Waals surface area contributed by atoms with Gasteiger partial charge in [-0.25, -0.2) is 9.97 Å². The van der Waals surface area contributed by atoms with Crippen LogP contribution in [-0.2, 0) is 6.54 Å². The zero-order chi connectivity index (χ0) is 12.3. The van der Waals surface area contributed by atoms with Crippen molar-refractivity contribution in [2.45, 2.75) is 13.5 Å². The van der Waals surface area contributed by atoms with E-state index in [1.54, 1.807) is 29.7 Å². The lowest BCUT2D eigenvalue weighted by atomic mass is 10.2. The topological polar surface area (TPSA) is 80.9 Å². The molecule has 0 saturated heterocycles. The predicted octanol–water partition coefficient (Wildman–Crippen LogP) is 1.56. The lowest BCUT2D eigenvalue weighted by Crippen LogP contribution is -2.15. The Hall–Kier alpha value is -1.95. The first-order valence-electron chi connectivity index (χ1n) is 5.06. The summed E-state index contributed by atoms with van der Waals surface area (Å²) >= 11 is 1.59. The predicted molar refractivity (Wildman–Crippen MR) is 66.9 cm³/mol. The Balaban J connectivity index is 2.11. The van der Waals surface area contributed by atoms with Gasteiger partial charge in [-0.2, -0.15) is 0 Å². The molecule has 2 aromatic heterocycles. The summed E-state index contributed by atoms with van der Waals surface area (Å²) in [5.74, 6) is 0.000659. The highest BCUT2D eigenvalue weighted by Gasteiger charge is 2.08. The summed E-state index contributed by atoms with van der Waals surface area (Å²) in [4.78, 5) is 19.6. The van der Waals surface area contributed by atoms with E-state index in [-0.39, 0.29) is 0 Å². The molecule has 2 heterocycles. The van der Waals surface area contributed by atoms with E-state index >= 15 is 0 Å². The van der Waals surface area contributed by atoms with Gasteiger partial charge in [-0.3, -0.25) is 4.79 Å². The minimum atomic E-state index is -0.491. The molecule has 0 aliphatic heterocycles. The molecule has 0 aliphatic rings. The highest BCUT2D eigenvalue weighted by Crippen LogP contribution is 2.13. The summed E-state index contributed by atoms with van der Waals surface area (Å²) in [6.07, 6.45) is 1.61. The number of amides is 1. The number of hydrogen-bond donors (Lipinski definition) is 2. The van der Waals surface area contributed by atoms with Gasteiger partial charge in [0.2, 0.25) is 0 Å². The van der Waals surface area contributed by atoms with Gasteiger partial charge in [0.25, 0.3) is 5.91 Å². The largest absolute Gasteiger partial charge is 0.365 e. The standard InChI is InChI=1S/C11H12N4OS/c1-7-15-8(6-17-7)5-14-11-9(10(12)16)3-2-4-13-11/h2-4,6H,5H2,1H3,(H2,12,16)(H,13,14). The van der Waals surface area contributed by atoms with E-state index in [1.165, 1.54) is 0 Å². The molecular weight excluding hydrogens is 236 g/mol. The Morgan fingerprint density at radius 1 is 1.59 bits per heavy atom. The van der Waals surface area contributed by atoms with Crippen LogP contribution in [0, 0.1) is 6.92 Å². The van der Waals surface area contributed by atoms with E-state index in [1.807, 2.05) is 12.3 Å². The number of hydrogen-bond acceptors (Lipinski definition) is 5. The molecule has 0 atom stereocenters. The second kappa shape index (κ2) is 4.92. The summed E-state index contributed by atoms with van der Waals surface area (Å²) in [5, 5.41) is 6.04. The lowest BCUT2D eigenvalue weighted by molar-refractivity contribution is 0.100. The van der Waals surface area contributed by atoms with E-state index in [4.69, 9.17) is 5.73 Å². The van der Waals surface area contributed by atoms with Gasteiger partial charge in [0, 0.05) is 11.6 Å². The molecule has 0 unspecified atom stereocenters. The van der Waals surface area contributed by atoms with Crippen LogP contribution in [-0.4, -0.2) is 15.9 Å². The average molecular weight is 248 g/mol. The Morgan fingerprint density at radius 3 is 3.06 bits per heavy atom. The average Bonchev–Trinajstić information content (AvgIpc) is 2.73. The number of aromatic nitrogens is 2. The molecule has 0 aliphatic carbocycles. The number of nitrogens with one attached hydrogen (secondary N) is 1. The first-order valence-corrected chi connectivity index (χ1v) is 5.94.